The number of amides is 2. The smallest absolute Gasteiger partial charge is 0.227 e. The molecule has 0 spiro atoms. The Hall–Kier alpha value is -1.84. The summed E-state index contributed by atoms with van der Waals surface area (Å²) in [6.07, 6.45) is 2.31. The van der Waals surface area contributed by atoms with Gasteiger partial charge in [-0.2, -0.15) is 0 Å². The zero-order valence-electron chi connectivity index (χ0n) is 13.1. The molecule has 1 N–H and O–H groups in total. The predicted octanol–water partition coefficient (Wildman–Crippen LogP) is 2.65. The molecule has 2 atom stereocenters. The first kappa shape index (κ1) is 15.5. The van der Waals surface area contributed by atoms with Gasteiger partial charge in [-0.15, -0.1) is 0 Å². The molecule has 4 nitrogen and oxygen atoms in total. The normalized spacial score (nSPS) is 19.7. The maximum Gasteiger partial charge on any atom is 0.227 e. The van der Waals surface area contributed by atoms with E-state index < -0.39 is 0 Å². The second-order valence-electron chi connectivity index (χ2n) is 5.94. The van der Waals surface area contributed by atoms with E-state index in [1.807, 2.05) is 38.1 Å². The molecule has 1 aliphatic rings. The summed E-state index contributed by atoms with van der Waals surface area (Å²) in [6, 6.07) is 8.02. The lowest BCUT2D eigenvalue weighted by Crippen LogP contribution is -2.38. The van der Waals surface area contributed by atoms with Gasteiger partial charge in [-0.1, -0.05) is 25.5 Å². The van der Waals surface area contributed by atoms with Gasteiger partial charge < -0.3 is 10.2 Å². The number of hydrogen-bond acceptors (Lipinski definition) is 2. The molecule has 1 aromatic rings. The minimum absolute atomic E-state index is 0.000506. The summed E-state index contributed by atoms with van der Waals surface area (Å²) >= 11 is 0. The maximum absolute atomic E-state index is 12.2. The van der Waals surface area contributed by atoms with Crippen LogP contribution in [0.15, 0.2) is 24.3 Å². The maximum atomic E-state index is 12.2. The molecule has 0 unspecified atom stereocenters. The molecule has 2 rings (SSSR count). The van der Waals surface area contributed by atoms with Crippen LogP contribution in [0.25, 0.3) is 0 Å². The van der Waals surface area contributed by atoms with Gasteiger partial charge in [0, 0.05) is 24.7 Å². The fourth-order valence-corrected chi connectivity index (χ4v) is 2.79. The number of nitrogens with zero attached hydrogens (tertiary/aromatic N) is 1. The number of carbonyl (C=O) groups is 2. The molecule has 0 bridgehead atoms. The minimum Gasteiger partial charge on any atom is -0.353 e. The first-order valence-electron chi connectivity index (χ1n) is 7.68. The summed E-state index contributed by atoms with van der Waals surface area (Å²) in [5, 5.41) is 3.01. The number of rotatable bonds is 5. The topological polar surface area (TPSA) is 49.4 Å². The standard InChI is InChI=1S/C17H24N2O2/c1-4-6-13(3)18-17(21)14-10-16(20)19(11-14)15-8-5-7-12(2)9-15/h5,7-9,13-14H,4,6,10-11H2,1-3H3,(H,18,21)/t13-,14+/m0/s1. The molecule has 114 valence electrons. The van der Waals surface area contributed by atoms with Gasteiger partial charge >= 0.3 is 0 Å². The Kier molecular flexibility index (Phi) is 4.99. The second-order valence-corrected chi connectivity index (χ2v) is 5.94. The monoisotopic (exact) mass is 288 g/mol. The van der Waals surface area contributed by atoms with Crippen molar-refractivity contribution in [2.24, 2.45) is 5.92 Å². The van der Waals surface area contributed by atoms with Crippen LogP contribution in [0.1, 0.15) is 38.7 Å². The second kappa shape index (κ2) is 6.74. The van der Waals surface area contributed by atoms with E-state index in [0.29, 0.717) is 13.0 Å². The SMILES string of the molecule is CCC[C@H](C)NC(=O)[C@@H]1CC(=O)N(c2cccc(C)c2)C1. The van der Waals surface area contributed by atoms with Crippen LogP contribution < -0.4 is 10.2 Å². The molecule has 0 aliphatic carbocycles. The van der Waals surface area contributed by atoms with Gasteiger partial charge in [0.2, 0.25) is 11.8 Å². The van der Waals surface area contributed by atoms with E-state index in [9.17, 15) is 9.59 Å². The van der Waals surface area contributed by atoms with E-state index in [1.54, 1.807) is 4.90 Å². The number of nitrogens with one attached hydrogen (secondary N) is 1. The highest BCUT2D eigenvalue weighted by atomic mass is 16.2. The van der Waals surface area contributed by atoms with Crippen LogP contribution in [0.3, 0.4) is 0 Å². The zero-order chi connectivity index (χ0) is 15.4. The van der Waals surface area contributed by atoms with E-state index in [4.69, 9.17) is 0 Å². The fraction of sp³-hybridized carbons (Fsp3) is 0.529. The predicted molar refractivity (Wildman–Crippen MR) is 84.2 cm³/mol. The van der Waals surface area contributed by atoms with E-state index >= 15 is 0 Å². The van der Waals surface area contributed by atoms with E-state index in [2.05, 4.69) is 12.2 Å². The summed E-state index contributed by atoms with van der Waals surface area (Å²) in [5.74, 6) is -0.208. The molecule has 0 aromatic heterocycles. The van der Waals surface area contributed by atoms with Gasteiger partial charge in [0.25, 0.3) is 0 Å². The van der Waals surface area contributed by atoms with Crippen LogP contribution in [0.5, 0.6) is 0 Å². The number of benzene rings is 1. The lowest BCUT2D eigenvalue weighted by molar-refractivity contribution is -0.126. The average Bonchev–Trinajstić information content (AvgIpc) is 2.81. The Labute approximate surface area is 126 Å². The molecule has 0 radical (unpaired) electrons. The summed E-state index contributed by atoms with van der Waals surface area (Å²) in [6.45, 7) is 6.59. The van der Waals surface area contributed by atoms with Crippen molar-refractivity contribution in [3.05, 3.63) is 29.8 Å². The van der Waals surface area contributed by atoms with Crippen LogP contribution in [-0.2, 0) is 9.59 Å². The Morgan fingerprint density at radius 2 is 2.24 bits per heavy atom. The van der Waals surface area contributed by atoms with E-state index in [0.717, 1.165) is 24.1 Å². The van der Waals surface area contributed by atoms with Gasteiger partial charge in [-0.3, -0.25) is 9.59 Å². The average molecular weight is 288 g/mol. The highest BCUT2D eigenvalue weighted by Gasteiger charge is 2.35. The third-order valence-corrected chi connectivity index (χ3v) is 3.92. The Morgan fingerprint density at radius 1 is 1.48 bits per heavy atom. The van der Waals surface area contributed by atoms with Crippen molar-refractivity contribution in [2.45, 2.75) is 46.1 Å². The molecule has 0 saturated carbocycles. The molecule has 1 heterocycles. The van der Waals surface area contributed by atoms with Crippen molar-refractivity contribution >= 4 is 17.5 Å². The van der Waals surface area contributed by atoms with Crippen molar-refractivity contribution in [1.29, 1.82) is 0 Å². The van der Waals surface area contributed by atoms with Crippen molar-refractivity contribution in [2.75, 3.05) is 11.4 Å². The van der Waals surface area contributed by atoms with Gasteiger partial charge in [-0.05, 0) is 38.0 Å². The van der Waals surface area contributed by atoms with Gasteiger partial charge in [0.05, 0.1) is 5.92 Å². The Bertz CT molecular complexity index is 527. The summed E-state index contributed by atoms with van der Waals surface area (Å²) < 4.78 is 0. The highest BCUT2D eigenvalue weighted by Crippen LogP contribution is 2.25. The molecule has 21 heavy (non-hydrogen) atoms. The molecule has 1 saturated heterocycles. The third-order valence-electron chi connectivity index (χ3n) is 3.92. The van der Waals surface area contributed by atoms with Crippen LogP contribution in [0.4, 0.5) is 5.69 Å². The fourth-order valence-electron chi connectivity index (χ4n) is 2.79. The van der Waals surface area contributed by atoms with Crippen molar-refractivity contribution in [1.82, 2.24) is 5.32 Å². The quantitative estimate of drug-likeness (QED) is 0.905. The number of aryl methyl sites for hydroxylation is 1. The highest BCUT2D eigenvalue weighted by molar-refractivity contribution is 6.00. The molecule has 1 fully saturated rings. The van der Waals surface area contributed by atoms with Crippen molar-refractivity contribution in [3.8, 4) is 0 Å². The molecule has 2 amide bonds. The van der Waals surface area contributed by atoms with Crippen molar-refractivity contribution in [3.63, 3.8) is 0 Å². The van der Waals surface area contributed by atoms with Crippen LogP contribution in [0, 0.1) is 12.8 Å². The summed E-state index contributed by atoms with van der Waals surface area (Å²) in [5.41, 5.74) is 2.00. The van der Waals surface area contributed by atoms with E-state index in [-0.39, 0.29) is 23.8 Å². The van der Waals surface area contributed by atoms with Crippen LogP contribution in [-0.4, -0.2) is 24.4 Å². The number of anilines is 1. The molecule has 1 aromatic carbocycles. The van der Waals surface area contributed by atoms with Crippen molar-refractivity contribution < 1.29 is 9.59 Å². The van der Waals surface area contributed by atoms with Gasteiger partial charge in [0.15, 0.2) is 0 Å². The number of carbonyl (C=O) groups excluding carboxylic acids is 2. The zero-order valence-corrected chi connectivity index (χ0v) is 13.1. The van der Waals surface area contributed by atoms with Crippen LogP contribution >= 0.6 is 0 Å². The third kappa shape index (κ3) is 3.84. The minimum atomic E-state index is -0.239. The van der Waals surface area contributed by atoms with Gasteiger partial charge in [0.1, 0.15) is 0 Å². The molecule has 1 aliphatic heterocycles. The lowest BCUT2D eigenvalue weighted by atomic mass is 10.1. The molecular formula is C17H24N2O2. The van der Waals surface area contributed by atoms with Crippen LogP contribution in [0.2, 0.25) is 0 Å². The first-order valence-corrected chi connectivity index (χ1v) is 7.68. The van der Waals surface area contributed by atoms with E-state index in [1.165, 1.54) is 0 Å². The Balaban J connectivity index is 2.01. The molecular weight excluding hydrogens is 264 g/mol. The number of hydrogen-bond donors (Lipinski definition) is 1. The summed E-state index contributed by atoms with van der Waals surface area (Å²) in [4.78, 5) is 26.1. The van der Waals surface area contributed by atoms with Gasteiger partial charge in [-0.25, -0.2) is 0 Å². The Morgan fingerprint density at radius 3 is 2.90 bits per heavy atom. The summed E-state index contributed by atoms with van der Waals surface area (Å²) in [7, 11) is 0. The lowest BCUT2D eigenvalue weighted by Gasteiger charge is -2.18. The first-order chi connectivity index (χ1) is 10.0. The largest absolute Gasteiger partial charge is 0.353 e. The molecule has 4 heteroatoms.